The topological polar surface area (TPSA) is 26.5 Å². The Kier molecular flexibility index (Phi) is 50.4. The van der Waals surface area contributed by atoms with Crippen LogP contribution in [-0.2, 0) is 74.5 Å². The summed E-state index contributed by atoms with van der Waals surface area (Å²) in [4.78, 5) is 5.28. The first kappa shape index (κ1) is 120. The number of aromatic nitrogens is 1. The van der Waals surface area contributed by atoms with Crippen molar-refractivity contribution in [3.05, 3.63) is 327 Å². The van der Waals surface area contributed by atoms with E-state index in [1.807, 2.05) is 6.07 Å². The molecule has 9 aliphatic rings. The van der Waals surface area contributed by atoms with E-state index in [1.165, 1.54) is 128 Å². The average Bonchev–Trinajstić information content (AvgIpc) is 1.58. The summed E-state index contributed by atoms with van der Waals surface area (Å²) in [5.41, 5.74) is 15.0. The third kappa shape index (κ3) is 38.8. The monoisotopic (exact) mass is 1840 g/mol. The normalized spacial score (nSPS) is 20.2. The van der Waals surface area contributed by atoms with E-state index in [2.05, 4.69) is 330 Å². The molecule has 4 heterocycles. The van der Waals surface area contributed by atoms with Crippen molar-refractivity contribution in [3.8, 4) is 0 Å². The Bertz CT molecular complexity index is 4240. The number of halogens is 12. The van der Waals surface area contributed by atoms with Crippen LogP contribution in [0.15, 0.2) is 265 Å². The van der Waals surface area contributed by atoms with Gasteiger partial charge in [0, 0.05) is 70.5 Å². The van der Waals surface area contributed by atoms with Crippen LogP contribution >= 0.6 is 15.6 Å². The minimum absolute atomic E-state index is 0. The zero-order chi connectivity index (χ0) is 79.3. The molecular formula is C98H138F12Fe3N4OP2. The number of oxazole rings is 1. The van der Waals surface area contributed by atoms with Crippen LogP contribution in [0.1, 0.15) is 195 Å². The summed E-state index contributed by atoms with van der Waals surface area (Å²) < 4.78 is 129. The Balaban J connectivity index is -0.000000790. The van der Waals surface area contributed by atoms with Crippen LogP contribution in [0.4, 0.5) is 67.4 Å². The van der Waals surface area contributed by atoms with Gasteiger partial charge in [0.05, 0.1) is 11.5 Å². The van der Waals surface area contributed by atoms with Crippen molar-refractivity contribution in [2.45, 2.75) is 189 Å². The Morgan fingerprint density at radius 1 is 0.408 bits per heavy atom. The minimum atomic E-state index is -10.7. The second kappa shape index (κ2) is 50.5. The first-order valence-electron chi connectivity index (χ1n) is 38.6. The summed E-state index contributed by atoms with van der Waals surface area (Å²) in [7, 11) is -16.9. The van der Waals surface area contributed by atoms with E-state index in [4.69, 9.17) is 4.42 Å². The molecule has 0 saturated heterocycles. The van der Waals surface area contributed by atoms with Crippen LogP contribution in [0.5, 0.6) is 0 Å². The van der Waals surface area contributed by atoms with Crippen molar-refractivity contribution in [2.75, 3.05) is 29.9 Å². The van der Waals surface area contributed by atoms with Gasteiger partial charge in [-0.2, -0.15) is 9.14 Å². The molecule has 0 spiro atoms. The van der Waals surface area contributed by atoms with Gasteiger partial charge >= 0.3 is 123 Å². The molecule has 0 amide bonds. The number of aryl methyl sites for hydroxylation is 1. The molecule has 14 rings (SSSR count). The van der Waals surface area contributed by atoms with Gasteiger partial charge in [0.25, 0.3) is 5.52 Å². The largest absolute Gasteiger partial charge is 2.00 e. The Hall–Kier alpha value is -6.44. The zero-order valence-corrected chi connectivity index (χ0v) is 76.9. The number of allylic oxidation sites excluding steroid dienone is 27. The number of hydrogen-bond acceptors (Lipinski definition) is 3. The number of hydrogen-bond donors (Lipinski definition) is 0. The number of fused-ring (bicyclic) bond motifs is 4. The summed E-state index contributed by atoms with van der Waals surface area (Å²) in [6.45, 7) is 19.0. The molecule has 0 radical (unpaired) electrons. The number of benzene rings is 4. The van der Waals surface area contributed by atoms with Crippen molar-refractivity contribution < 1.29 is 115 Å². The summed E-state index contributed by atoms with van der Waals surface area (Å²) in [5.74, 6) is 4.09. The van der Waals surface area contributed by atoms with Crippen molar-refractivity contribution in [1.29, 1.82) is 0 Å². The maximum atomic E-state index is 9.87. The van der Waals surface area contributed by atoms with Gasteiger partial charge in [-0.25, -0.2) is 0 Å². The summed E-state index contributed by atoms with van der Waals surface area (Å²) in [6.07, 6.45) is 77.8. The van der Waals surface area contributed by atoms with Gasteiger partial charge in [-0.3, -0.25) is 0 Å². The molecule has 4 aromatic carbocycles. The minimum Gasteiger partial charge on any atom is -0.358 e. The molecule has 0 fully saturated rings. The average molecular weight is 1850 g/mol. The Morgan fingerprint density at radius 3 is 1.03 bits per heavy atom. The third-order valence-corrected chi connectivity index (χ3v) is 21.1. The fourth-order valence-electron chi connectivity index (χ4n) is 15.4. The predicted octanol–water partition coefficient (Wildman–Crippen LogP) is 33.9. The molecule has 0 bridgehead atoms. The van der Waals surface area contributed by atoms with E-state index in [0.717, 1.165) is 62.2 Å². The number of para-hydroxylation sites is 5. The number of nitrogens with zero attached hydrogens (tertiary/aromatic N) is 4. The fourth-order valence-corrected chi connectivity index (χ4v) is 15.4. The molecule has 0 N–H and O–H groups in total. The van der Waals surface area contributed by atoms with Gasteiger partial charge in [0.1, 0.15) is 14.1 Å². The molecule has 120 heavy (non-hydrogen) atoms. The molecule has 22 heteroatoms. The van der Waals surface area contributed by atoms with Crippen molar-refractivity contribution in [2.24, 2.45) is 36.6 Å². The summed E-state index contributed by atoms with van der Waals surface area (Å²) in [5, 5.41) is 0. The molecule has 3 aliphatic heterocycles. The molecule has 5 nitrogen and oxygen atoms in total. The second-order valence-corrected chi connectivity index (χ2v) is 34.8. The molecule has 3 atom stereocenters. The molecule has 3 unspecified atom stereocenters. The maximum absolute atomic E-state index is 10.7. The van der Waals surface area contributed by atoms with E-state index in [-0.39, 0.29) is 127 Å². The Morgan fingerprint density at radius 2 is 0.708 bits per heavy atom. The molecule has 674 valence electrons. The van der Waals surface area contributed by atoms with Crippen LogP contribution in [-0.4, -0.2) is 30.4 Å². The quantitative estimate of drug-likeness (QED) is 0.0163. The summed E-state index contributed by atoms with van der Waals surface area (Å²) in [6, 6.07) is 35.8. The molecule has 6 aliphatic carbocycles. The van der Waals surface area contributed by atoms with Gasteiger partial charge in [0.15, 0.2) is 5.71 Å². The first-order chi connectivity index (χ1) is 51.2. The van der Waals surface area contributed by atoms with Crippen LogP contribution in [0, 0.1) is 74.1 Å². The standard InChI is InChI=1S/C43H55N2.C32H39N2O.3C5H6.2CH4.6CH3.2F6P.3Fe/c1-33(2)28-31-45-39-27-13-11-25-37(39)43(4,30-17-15-23-35-20-8-9-21-35)41(45)32-40-42(3,29-16-14-22-34-18-6-7-19-34)36-24-10-12-26-38(36)44(40)5;1-24(2)20-22-34-27-17-8-7-16-26(27)32(3,21-12-11-15-25-13-5-6-14-25)30(34)23-31-33(4)28-18-9-10-19-29(28)35-31;3*1-2-4-5-3-1;;;;;;;;;2*1-7(2,3,4,5)6;;;/h6-13,18-21,24-27,32-35H,14-17,22-23,28-31H2,1-5H3;5-10,13-14,16-19,23-25H,11-12,15,20-22H2,1-4H3;3*1-4H,5H2;2*1H4;6*1H3;;;;;/q2*+1;;;;;;8*-1;3*+2. The SMILES string of the molecule is C.C.C1=CCC=C1.C1=CCC=C1.C1=CCC=C1.CC(C)CCN1C(=CC2=[N+](C)c3ccccc3C2(C)CCCCC2C=CC=C2)C(C)(CCCCC2C=CC=C2)c2ccccc21.CC(C)CCN1C(=Cc2oc3ccccc3[n+]2C)C(C)(CCCCC2C=CC=C2)c2ccccc21.F[P-](F)(F)(F)(F)F.F[P-](F)(F)(F)(F)F.[CH3-].[CH3-].[CH3-].[CH3-].[CH3-].[CH3-].[Fe+2].[Fe+2].[Fe+2]. The van der Waals surface area contributed by atoms with Crippen LogP contribution < -0.4 is 14.4 Å². The van der Waals surface area contributed by atoms with Gasteiger partial charge < -0.3 is 58.8 Å². The fraction of sp³-hybridized carbons (Fsp3) is 0.388. The Labute approximate surface area is 748 Å². The van der Waals surface area contributed by atoms with Gasteiger partial charge in [-0.15, -0.1) is 0 Å². The number of rotatable bonds is 23. The van der Waals surface area contributed by atoms with Crippen molar-refractivity contribution >= 4 is 55.6 Å². The van der Waals surface area contributed by atoms with Gasteiger partial charge in [-0.05, 0) is 150 Å². The van der Waals surface area contributed by atoms with E-state index in [9.17, 15) is 50.4 Å². The van der Waals surface area contributed by atoms with E-state index in [1.54, 1.807) is 0 Å². The van der Waals surface area contributed by atoms with Crippen LogP contribution in [0.3, 0.4) is 0 Å². The molecule has 1 aromatic heterocycles. The van der Waals surface area contributed by atoms with Crippen molar-refractivity contribution in [1.82, 2.24) is 0 Å². The molecule has 0 saturated carbocycles. The number of anilines is 2. The summed E-state index contributed by atoms with van der Waals surface area (Å²) >= 11 is 0. The number of unbranched alkanes of at least 4 members (excludes halogenated alkanes) is 3. The van der Waals surface area contributed by atoms with Crippen LogP contribution in [0.25, 0.3) is 17.2 Å². The predicted molar refractivity (Wildman–Crippen MR) is 488 cm³/mol. The van der Waals surface area contributed by atoms with E-state index in [0.29, 0.717) is 29.6 Å². The van der Waals surface area contributed by atoms with Gasteiger partial charge in [-0.1, -0.05) is 294 Å². The second-order valence-electron chi connectivity index (χ2n) is 30.9. The van der Waals surface area contributed by atoms with E-state index >= 15 is 0 Å². The maximum Gasteiger partial charge on any atom is 2.00 e. The smallest absolute Gasteiger partial charge is 0.358 e. The first-order valence-corrected chi connectivity index (χ1v) is 42.6. The van der Waals surface area contributed by atoms with Gasteiger partial charge in [0.2, 0.25) is 11.3 Å². The molecular weight excluding hydrogens is 1710 g/mol. The zero-order valence-electron chi connectivity index (χ0n) is 71.8. The van der Waals surface area contributed by atoms with Crippen LogP contribution in [0.2, 0.25) is 0 Å². The van der Waals surface area contributed by atoms with E-state index < -0.39 is 15.6 Å². The van der Waals surface area contributed by atoms with Crippen molar-refractivity contribution in [3.63, 3.8) is 0 Å². The molecule has 5 aromatic rings. The third-order valence-electron chi connectivity index (χ3n) is 21.1.